The van der Waals surface area contributed by atoms with Gasteiger partial charge in [-0.2, -0.15) is 0 Å². The molecule has 2 rings (SSSR count). The van der Waals surface area contributed by atoms with E-state index in [-0.39, 0.29) is 0 Å². The van der Waals surface area contributed by atoms with Crippen LogP contribution in [-0.4, -0.2) is 17.3 Å². The first-order chi connectivity index (χ1) is 6.18. The second kappa shape index (κ2) is 3.20. The molecule has 1 saturated carbocycles. The number of halogens is 1. The third-order valence-corrected chi connectivity index (χ3v) is 2.40. The first-order valence-corrected chi connectivity index (χ1v) is 4.67. The Morgan fingerprint density at radius 1 is 1.31 bits per heavy atom. The molecule has 0 aromatic heterocycles. The number of hydrogen-bond acceptors (Lipinski definition) is 2. The molecule has 13 heavy (non-hydrogen) atoms. The highest BCUT2D eigenvalue weighted by Gasteiger charge is 2.41. The van der Waals surface area contributed by atoms with E-state index in [1.807, 2.05) is 0 Å². The Kier molecular flexibility index (Phi) is 2.18. The molecular weight excluding hydrogens is 188 g/mol. The van der Waals surface area contributed by atoms with Gasteiger partial charge in [-0.3, -0.25) is 0 Å². The fourth-order valence-corrected chi connectivity index (χ4v) is 1.16. The predicted octanol–water partition coefficient (Wildman–Crippen LogP) is 2.24. The van der Waals surface area contributed by atoms with Gasteiger partial charge in [0.05, 0.1) is 5.60 Å². The van der Waals surface area contributed by atoms with Gasteiger partial charge in [-0.25, -0.2) is 0 Å². The van der Waals surface area contributed by atoms with E-state index in [4.69, 9.17) is 16.3 Å². The SMILES string of the molecule is OC1(COc2ccc(Cl)cc2)CC1. The normalized spacial score (nSPS) is 18.3. The van der Waals surface area contributed by atoms with Gasteiger partial charge in [0.1, 0.15) is 12.4 Å². The molecule has 1 N–H and O–H groups in total. The van der Waals surface area contributed by atoms with Gasteiger partial charge in [0.25, 0.3) is 0 Å². The van der Waals surface area contributed by atoms with E-state index in [0.29, 0.717) is 11.6 Å². The van der Waals surface area contributed by atoms with E-state index < -0.39 is 5.60 Å². The van der Waals surface area contributed by atoms with Gasteiger partial charge in [-0.1, -0.05) is 11.6 Å². The van der Waals surface area contributed by atoms with Crippen LogP contribution in [0.3, 0.4) is 0 Å². The van der Waals surface area contributed by atoms with Crippen molar-refractivity contribution in [3.63, 3.8) is 0 Å². The molecule has 1 aromatic rings. The zero-order valence-electron chi connectivity index (χ0n) is 7.16. The average molecular weight is 199 g/mol. The highest BCUT2D eigenvalue weighted by atomic mass is 35.5. The molecule has 0 unspecified atom stereocenters. The number of hydrogen-bond donors (Lipinski definition) is 1. The third kappa shape index (κ3) is 2.36. The molecule has 0 spiro atoms. The monoisotopic (exact) mass is 198 g/mol. The van der Waals surface area contributed by atoms with Crippen molar-refractivity contribution < 1.29 is 9.84 Å². The Labute approximate surface area is 82.1 Å². The maximum Gasteiger partial charge on any atom is 0.119 e. The second-order valence-electron chi connectivity index (χ2n) is 3.47. The zero-order chi connectivity index (χ0) is 9.31. The minimum atomic E-state index is -0.556. The minimum Gasteiger partial charge on any atom is -0.491 e. The van der Waals surface area contributed by atoms with E-state index in [0.717, 1.165) is 18.6 Å². The van der Waals surface area contributed by atoms with Crippen molar-refractivity contribution in [1.29, 1.82) is 0 Å². The standard InChI is InChI=1S/C10H11ClO2/c11-8-1-3-9(4-2-8)13-7-10(12)5-6-10/h1-4,12H,5-7H2. The quantitative estimate of drug-likeness (QED) is 0.807. The van der Waals surface area contributed by atoms with Gasteiger partial charge in [0.15, 0.2) is 0 Å². The summed E-state index contributed by atoms with van der Waals surface area (Å²) in [5.41, 5.74) is -0.556. The maximum atomic E-state index is 9.49. The van der Waals surface area contributed by atoms with Gasteiger partial charge in [-0.15, -0.1) is 0 Å². The predicted molar refractivity (Wildman–Crippen MR) is 51.1 cm³/mol. The van der Waals surface area contributed by atoms with Crippen LogP contribution < -0.4 is 4.74 Å². The molecule has 0 radical (unpaired) electrons. The highest BCUT2D eigenvalue weighted by molar-refractivity contribution is 6.30. The van der Waals surface area contributed by atoms with Crippen LogP contribution in [0.4, 0.5) is 0 Å². The molecule has 3 heteroatoms. The summed E-state index contributed by atoms with van der Waals surface area (Å²) >= 11 is 5.71. The van der Waals surface area contributed by atoms with Crippen molar-refractivity contribution in [3.8, 4) is 5.75 Å². The molecule has 0 heterocycles. The summed E-state index contributed by atoms with van der Waals surface area (Å²) < 4.78 is 5.38. The molecule has 1 aliphatic rings. The molecule has 2 nitrogen and oxygen atoms in total. The molecule has 70 valence electrons. The number of ether oxygens (including phenoxy) is 1. The third-order valence-electron chi connectivity index (χ3n) is 2.15. The lowest BCUT2D eigenvalue weighted by atomic mass is 10.3. The molecule has 0 bridgehead atoms. The van der Waals surface area contributed by atoms with Crippen LogP contribution in [0.2, 0.25) is 5.02 Å². The van der Waals surface area contributed by atoms with E-state index in [1.54, 1.807) is 24.3 Å². The highest BCUT2D eigenvalue weighted by Crippen LogP contribution is 2.35. The lowest BCUT2D eigenvalue weighted by Crippen LogP contribution is -2.18. The first-order valence-electron chi connectivity index (χ1n) is 4.29. The van der Waals surface area contributed by atoms with Crippen molar-refractivity contribution in [2.45, 2.75) is 18.4 Å². The molecule has 1 aliphatic carbocycles. The van der Waals surface area contributed by atoms with Crippen LogP contribution in [0.5, 0.6) is 5.75 Å². The van der Waals surface area contributed by atoms with Crippen LogP contribution in [0, 0.1) is 0 Å². The van der Waals surface area contributed by atoms with Crippen molar-refractivity contribution in [2.75, 3.05) is 6.61 Å². The van der Waals surface area contributed by atoms with Gasteiger partial charge in [0, 0.05) is 5.02 Å². The minimum absolute atomic E-state index is 0.384. The van der Waals surface area contributed by atoms with Crippen molar-refractivity contribution in [2.24, 2.45) is 0 Å². The van der Waals surface area contributed by atoms with E-state index in [2.05, 4.69) is 0 Å². The van der Waals surface area contributed by atoms with E-state index in [9.17, 15) is 5.11 Å². The first kappa shape index (κ1) is 8.85. The van der Waals surface area contributed by atoms with Gasteiger partial charge in [-0.05, 0) is 37.1 Å². The Bertz CT molecular complexity index is 290. The smallest absolute Gasteiger partial charge is 0.119 e. The molecule has 0 atom stereocenters. The van der Waals surface area contributed by atoms with Crippen LogP contribution in [-0.2, 0) is 0 Å². The van der Waals surface area contributed by atoms with Gasteiger partial charge in [0.2, 0.25) is 0 Å². The summed E-state index contributed by atoms with van der Waals surface area (Å²) in [5.74, 6) is 0.754. The fourth-order valence-electron chi connectivity index (χ4n) is 1.04. The lowest BCUT2D eigenvalue weighted by molar-refractivity contribution is 0.0856. The summed E-state index contributed by atoms with van der Waals surface area (Å²) in [4.78, 5) is 0. The molecule has 1 fully saturated rings. The Balaban J connectivity index is 1.91. The molecule has 0 saturated heterocycles. The van der Waals surface area contributed by atoms with Crippen LogP contribution in [0.1, 0.15) is 12.8 Å². The number of benzene rings is 1. The largest absolute Gasteiger partial charge is 0.491 e. The fraction of sp³-hybridized carbons (Fsp3) is 0.400. The summed E-state index contributed by atoms with van der Waals surface area (Å²) in [6.07, 6.45) is 1.70. The summed E-state index contributed by atoms with van der Waals surface area (Å²) in [5, 5.41) is 10.2. The molecule has 0 aliphatic heterocycles. The van der Waals surface area contributed by atoms with E-state index >= 15 is 0 Å². The van der Waals surface area contributed by atoms with Gasteiger partial charge < -0.3 is 9.84 Å². The van der Waals surface area contributed by atoms with Crippen molar-refractivity contribution >= 4 is 11.6 Å². The second-order valence-corrected chi connectivity index (χ2v) is 3.90. The topological polar surface area (TPSA) is 29.5 Å². The lowest BCUT2D eigenvalue weighted by Gasteiger charge is -2.09. The Morgan fingerprint density at radius 2 is 1.92 bits per heavy atom. The average Bonchev–Trinajstić information content (AvgIpc) is 2.84. The van der Waals surface area contributed by atoms with Crippen LogP contribution >= 0.6 is 11.6 Å². The van der Waals surface area contributed by atoms with Crippen LogP contribution in [0.25, 0.3) is 0 Å². The van der Waals surface area contributed by atoms with Crippen molar-refractivity contribution in [1.82, 2.24) is 0 Å². The molecular formula is C10H11ClO2. The summed E-state index contributed by atoms with van der Waals surface area (Å²) in [7, 11) is 0. The summed E-state index contributed by atoms with van der Waals surface area (Å²) in [6, 6.07) is 7.14. The van der Waals surface area contributed by atoms with E-state index in [1.165, 1.54) is 0 Å². The Hall–Kier alpha value is -0.730. The molecule has 0 amide bonds. The summed E-state index contributed by atoms with van der Waals surface area (Å²) in [6.45, 7) is 0.384. The number of rotatable bonds is 3. The molecule has 1 aromatic carbocycles. The maximum absolute atomic E-state index is 9.49. The van der Waals surface area contributed by atoms with Crippen molar-refractivity contribution in [3.05, 3.63) is 29.3 Å². The zero-order valence-corrected chi connectivity index (χ0v) is 7.92. The Morgan fingerprint density at radius 3 is 2.46 bits per heavy atom. The number of aliphatic hydroxyl groups is 1. The van der Waals surface area contributed by atoms with Gasteiger partial charge >= 0.3 is 0 Å². The van der Waals surface area contributed by atoms with Crippen LogP contribution in [0.15, 0.2) is 24.3 Å².